The number of carbonyl (C=O) groups excluding carboxylic acids is 1. The fraction of sp³-hybridized carbons (Fsp3) is 0.500. The first-order valence-corrected chi connectivity index (χ1v) is 3.44. The molecule has 0 radical (unpaired) electrons. The van der Waals surface area contributed by atoms with Gasteiger partial charge >= 0.3 is 0 Å². The average molecular weight is 122 g/mol. The van der Waals surface area contributed by atoms with E-state index in [2.05, 4.69) is 0 Å². The van der Waals surface area contributed by atoms with Crippen LogP contribution in [0.25, 0.3) is 0 Å². The fourth-order valence-electron chi connectivity index (χ4n) is 0.789. The van der Waals surface area contributed by atoms with Crippen molar-refractivity contribution in [2.45, 2.75) is 20.6 Å². The van der Waals surface area contributed by atoms with Gasteiger partial charge in [0.25, 0.3) is 0 Å². The monoisotopic (exact) mass is 122 g/mol. The molecule has 0 saturated heterocycles. The van der Waals surface area contributed by atoms with Crippen LogP contribution in [0.2, 0.25) is 13.6 Å². The highest BCUT2D eigenvalue weighted by Gasteiger charge is 2.02. The lowest BCUT2D eigenvalue weighted by Crippen LogP contribution is -2.11. The first-order valence-electron chi connectivity index (χ1n) is 3.44. The minimum Gasteiger partial charge on any atom is -0.308 e. The second kappa shape index (κ2) is 4.42. The van der Waals surface area contributed by atoms with Gasteiger partial charge < -0.3 is 4.79 Å². The van der Waals surface area contributed by atoms with Crippen molar-refractivity contribution >= 4 is 20.2 Å². The number of hydrogen-bond acceptors (Lipinski definition) is 1. The number of rotatable bonds is 3. The van der Waals surface area contributed by atoms with E-state index >= 15 is 0 Å². The summed E-state index contributed by atoms with van der Waals surface area (Å²) >= 11 is 0. The minimum absolute atomic E-state index is 0.278. The lowest BCUT2D eigenvalue weighted by molar-refractivity contribution is -0.108. The maximum atomic E-state index is 10.9. The molecule has 3 heteroatoms. The van der Waals surface area contributed by atoms with Crippen molar-refractivity contribution in [1.29, 1.82) is 0 Å². The molecular weight excluding hydrogens is 110 g/mol. The SMILES string of the molecule is CBC(=O)/C(BC)=C/C. The molecule has 0 aromatic heterocycles. The first kappa shape index (κ1) is 8.54. The van der Waals surface area contributed by atoms with Gasteiger partial charge in [-0.05, 0) is 6.92 Å². The molecule has 0 atom stereocenters. The molecule has 48 valence electrons. The molecule has 0 fully saturated rings. The Morgan fingerprint density at radius 1 is 1.33 bits per heavy atom. The summed E-state index contributed by atoms with van der Waals surface area (Å²) in [6, 6.07) is 0. The Hall–Kier alpha value is -0.460. The summed E-state index contributed by atoms with van der Waals surface area (Å²) in [6.45, 7) is 5.80. The van der Waals surface area contributed by atoms with Crippen molar-refractivity contribution in [3.05, 3.63) is 11.5 Å². The number of hydrogen-bond donors (Lipinski definition) is 0. The average Bonchev–Trinajstić information content (AvgIpc) is 1.90. The van der Waals surface area contributed by atoms with Crippen LogP contribution in [0.5, 0.6) is 0 Å². The van der Waals surface area contributed by atoms with Crippen LogP contribution in [0.15, 0.2) is 11.5 Å². The maximum Gasteiger partial charge on any atom is 0.207 e. The summed E-state index contributed by atoms with van der Waals surface area (Å²) < 4.78 is 0. The van der Waals surface area contributed by atoms with Crippen LogP contribution < -0.4 is 0 Å². The molecule has 0 aliphatic heterocycles. The molecule has 0 rings (SSSR count). The van der Waals surface area contributed by atoms with Gasteiger partial charge in [0.15, 0.2) is 7.28 Å². The summed E-state index contributed by atoms with van der Waals surface area (Å²) in [5.74, 6) is 0. The lowest BCUT2D eigenvalue weighted by Gasteiger charge is -1.95. The second-order valence-corrected chi connectivity index (χ2v) is 1.94. The molecule has 0 aromatic carbocycles. The summed E-state index contributed by atoms with van der Waals surface area (Å²) in [7, 11) is 1.50. The van der Waals surface area contributed by atoms with Crippen LogP contribution in [-0.4, -0.2) is 20.2 Å². The Labute approximate surface area is 58.0 Å². The second-order valence-electron chi connectivity index (χ2n) is 1.94. The number of allylic oxidation sites excluding steroid dienone is 2. The molecule has 0 aliphatic carbocycles. The summed E-state index contributed by atoms with van der Waals surface area (Å²) in [5.41, 5.74) is 1.23. The van der Waals surface area contributed by atoms with Gasteiger partial charge in [0, 0.05) is 0 Å². The zero-order valence-corrected chi connectivity index (χ0v) is 6.40. The van der Waals surface area contributed by atoms with Crippen LogP contribution in [0.3, 0.4) is 0 Å². The van der Waals surface area contributed by atoms with Crippen molar-refractivity contribution in [2.75, 3.05) is 0 Å². The van der Waals surface area contributed by atoms with Gasteiger partial charge in [0.2, 0.25) is 7.28 Å². The quantitative estimate of drug-likeness (QED) is 0.390. The Bertz CT molecular complexity index is 129. The molecule has 0 N–H and O–H groups in total. The third-order valence-corrected chi connectivity index (χ3v) is 1.41. The Kier molecular flexibility index (Phi) is 4.20. The fourth-order valence-corrected chi connectivity index (χ4v) is 0.789. The van der Waals surface area contributed by atoms with Gasteiger partial charge in [0.05, 0.1) is 0 Å². The van der Waals surface area contributed by atoms with Crippen molar-refractivity contribution in [2.24, 2.45) is 0 Å². The van der Waals surface area contributed by atoms with E-state index in [-0.39, 0.29) is 5.68 Å². The zero-order chi connectivity index (χ0) is 7.28. The molecule has 0 unspecified atom stereocenters. The lowest BCUT2D eigenvalue weighted by atomic mass is 9.60. The summed E-state index contributed by atoms with van der Waals surface area (Å²) in [4.78, 5) is 10.9. The molecule has 0 aliphatic rings. The van der Waals surface area contributed by atoms with Gasteiger partial charge in [-0.1, -0.05) is 25.2 Å². The Morgan fingerprint density at radius 2 is 1.89 bits per heavy atom. The Morgan fingerprint density at radius 3 is 2.00 bits per heavy atom. The molecule has 0 spiro atoms. The van der Waals surface area contributed by atoms with Gasteiger partial charge in [0.1, 0.15) is 5.68 Å². The summed E-state index contributed by atoms with van der Waals surface area (Å²) in [5, 5.41) is 0. The first-order chi connectivity index (χ1) is 4.26. The van der Waals surface area contributed by atoms with Gasteiger partial charge in [-0.2, -0.15) is 0 Å². The van der Waals surface area contributed by atoms with Gasteiger partial charge in [-0.3, -0.25) is 0 Å². The topological polar surface area (TPSA) is 17.1 Å². The third-order valence-electron chi connectivity index (χ3n) is 1.41. The molecule has 0 heterocycles. The smallest absolute Gasteiger partial charge is 0.207 e. The molecule has 1 nitrogen and oxygen atoms in total. The van der Waals surface area contributed by atoms with Crippen LogP contribution in [-0.2, 0) is 4.79 Å². The van der Waals surface area contributed by atoms with Crippen molar-refractivity contribution in [3.8, 4) is 0 Å². The molecule has 0 saturated carbocycles. The minimum atomic E-state index is 0.278. The highest BCUT2D eigenvalue weighted by molar-refractivity contribution is 6.82. The van der Waals surface area contributed by atoms with Crippen LogP contribution in [0.4, 0.5) is 0 Å². The predicted molar refractivity (Wildman–Crippen MR) is 44.8 cm³/mol. The van der Waals surface area contributed by atoms with Crippen molar-refractivity contribution < 1.29 is 4.79 Å². The normalized spacial score (nSPS) is 10.8. The van der Waals surface area contributed by atoms with Crippen LogP contribution >= 0.6 is 0 Å². The van der Waals surface area contributed by atoms with E-state index in [0.29, 0.717) is 7.28 Å². The highest BCUT2D eigenvalue weighted by atomic mass is 16.1. The van der Waals surface area contributed by atoms with E-state index in [9.17, 15) is 4.79 Å². The van der Waals surface area contributed by atoms with Crippen LogP contribution in [0.1, 0.15) is 6.92 Å². The van der Waals surface area contributed by atoms with E-state index in [1.807, 2.05) is 26.6 Å². The van der Waals surface area contributed by atoms with Crippen molar-refractivity contribution in [1.82, 2.24) is 0 Å². The largest absolute Gasteiger partial charge is 0.308 e. The van der Waals surface area contributed by atoms with E-state index < -0.39 is 0 Å². The molecule has 0 aromatic rings. The van der Waals surface area contributed by atoms with Gasteiger partial charge in [-0.15, -0.1) is 0 Å². The predicted octanol–water partition coefficient (Wildman–Crippen LogP) is 0.386. The van der Waals surface area contributed by atoms with E-state index in [1.54, 1.807) is 0 Å². The third kappa shape index (κ3) is 2.54. The number of carbonyl (C=O) groups is 1. The molecular formula is C6H12B2O. The maximum absolute atomic E-state index is 10.9. The zero-order valence-electron chi connectivity index (χ0n) is 6.40. The molecule has 9 heavy (non-hydrogen) atoms. The van der Waals surface area contributed by atoms with Crippen LogP contribution in [0, 0.1) is 0 Å². The van der Waals surface area contributed by atoms with E-state index in [0.717, 1.165) is 12.8 Å². The van der Waals surface area contributed by atoms with Crippen molar-refractivity contribution in [3.63, 3.8) is 0 Å². The van der Waals surface area contributed by atoms with Gasteiger partial charge in [-0.25, -0.2) is 0 Å². The standard InChI is InChI=1S/C6H12B2O/c1-4-5(7-2)6(9)8-3/h4,7-8H,1-3H3/b5-4-. The summed E-state index contributed by atoms with van der Waals surface area (Å²) in [6.07, 6.45) is 1.89. The van der Waals surface area contributed by atoms with E-state index in [4.69, 9.17) is 0 Å². The highest BCUT2D eigenvalue weighted by Crippen LogP contribution is 1.91. The Balaban J connectivity index is 3.97. The molecule has 0 amide bonds. The van der Waals surface area contributed by atoms with E-state index in [1.165, 1.54) is 0 Å². The molecule has 0 bridgehead atoms.